The van der Waals surface area contributed by atoms with Crippen LogP contribution in [0.15, 0.2) is 0 Å². The van der Waals surface area contributed by atoms with E-state index in [1.165, 1.54) is 32.1 Å². The summed E-state index contributed by atoms with van der Waals surface area (Å²) in [5, 5.41) is 10.5. The summed E-state index contributed by atoms with van der Waals surface area (Å²) in [6, 6.07) is 0. The van der Waals surface area contributed by atoms with Gasteiger partial charge < -0.3 is 5.11 Å². The standard InChI is InChI=1S/C14H24O/c1-12(2)10-5-4-6-14(10)8-7-13(3,15)11(12)9-14/h10-11,15H,4-9H2,1-3H3/t10?,11?,13-,14+/m1/s1. The van der Waals surface area contributed by atoms with Crippen LogP contribution in [0.5, 0.6) is 0 Å². The fourth-order valence-electron chi connectivity index (χ4n) is 5.56. The van der Waals surface area contributed by atoms with Crippen LogP contribution >= 0.6 is 0 Å². The number of hydrogen-bond donors (Lipinski definition) is 1. The normalized spacial score (nSPS) is 56.8. The van der Waals surface area contributed by atoms with Gasteiger partial charge in [-0.05, 0) is 61.7 Å². The smallest absolute Gasteiger partial charge is 0.0653 e. The molecule has 0 heterocycles. The molecule has 0 aromatic heterocycles. The lowest BCUT2D eigenvalue weighted by molar-refractivity contribution is -0.0672. The summed E-state index contributed by atoms with van der Waals surface area (Å²) in [5.74, 6) is 1.44. The molecule has 1 heteroatoms. The maximum Gasteiger partial charge on any atom is 0.0653 e. The Morgan fingerprint density at radius 2 is 1.73 bits per heavy atom. The van der Waals surface area contributed by atoms with Gasteiger partial charge in [-0.15, -0.1) is 0 Å². The van der Waals surface area contributed by atoms with E-state index >= 15 is 0 Å². The first-order valence-corrected chi connectivity index (χ1v) is 6.61. The zero-order valence-electron chi connectivity index (χ0n) is 10.3. The molecule has 3 rings (SSSR count). The monoisotopic (exact) mass is 208 g/mol. The van der Waals surface area contributed by atoms with Crippen molar-refractivity contribution in [3.8, 4) is 0 Å². The van der Waals surface area contributed by atoms with Crippen molar-refractivity contribution in [2.24, 2.45) is 22.7 Å². The predicted octanol–water partition coefficient (Wildman–Crippen LogP) is 3.36. The Morgan fingerprint density at radius 1 is 1.00 bits per heavy atom. The molecule has 0 amide bonds. The number of hydrogen-bond acceptors (Lipinski definition) is 1. The van der Waals surface area contributed by atoms with Gasteiger partial charge in [-0.2, -0.15) is 0 Å². The van der Waals surface area contributed by atoms with Gasteiger partial charge in [0.25, 0.3) is 0 Å². The molecular formula is C14H24O. The van der Waals surface area contributed by atoms with Crippen LogP contribution in [0.25, 0.3) is 0 Å². The highest BCUT2D eigenvalue weighted by Gasteiger charge is 2.65. The van der Waals surface area contributed by atoms with E-state index in [0.29, 0.717) is 16.7 Å². The summed E-state index contributed by atoms with van der Waals surface area (Å²) in [7, 11) is 0. The van der Waals surface area contributed by atoms with Crippen LogP contribution in [0.3, 0.4) is 0 Å². The summed E-state index contributed by atoms with van der Waals surface area (Å²) >= 11 is 0. The van der Waals surface area contributed by atoms with Gasteiger partial charge in [0.1, 0.15) is 0 Å². The molecule has 1 spiro atoms. The molecule has 0 aromatic rings. The van der Waals surface area contributed by atoms with Gasteiger partial charge >= 0.3 is 0 Å². The Kier molecular flexibility index (Phi) is 1.77. The van der Waals surface area contributed by atoms with Gasteiger partial charge in [-0.3, -0.25) is 0 Å². The molecule has 0 saturated heterocycles. The molecule has 2 unspecified atom stereocenters. The quantitative estimate of drug-likeness (QED) is 0.647. The van der Waals surface area contributed by atoms with Crippen molar-refractivity contribution < 1.29 is 5.11 Å². The molecule has 3 aliphatic rings. The van der Waals surface area contributed by atoms with E-state index in [-0.39, 0.29) is 5.60 Å². The molecule has 0 aliphatic heterocycles. The van der Waals surface area contributed by atoms with Gasteiger partial charge in [-0.1, -0.05) is 20.3 Å². The molecule has 86 valence electrons. The van der Waals surface area contributed by atoms with Crippen LogP contribution in [0.4, 0.5) is 0 Å². The zero-order valence-corrected chi connectivity index (χ0v) is 10.3. The van der Waals surface area contributed by atoms with Crippen molar-refractivity contribution in [2.45, 2.75) is 64.9 Å². The fraction of sp³-hybridized carbons (Fsp3) is 1.00. The molecular weight excluding hydrogens is 184 g/mol. The minimum Gasteiger partial charge on any atom is -0.390 e. The second-order valence-electron chi connectivity index (χ2n) is 7.24. The minimum atomic E-state index is -0.390. The Balaban J connectivity index is 2.05. The maximum absolute atomic E-state index is 10.5. The first-order chi connectivity index (χ1) is 6.89. The second-order valence-corrected chi connectivity index (χ2v) is 7.24. The Bertz CT molecular complexity index is 292. The average molecular weight is 208 g/mol. The first-order valence-electron chi connectivity index (χ1n) is 6.61. The van der Waals surface area contributed by atoms with E-state index in [9.17, 15) is 5.11 Å². The van der Waals surface area contributed by atoms with Crippen LogP contribution in [-0.2, 0) is 0 Å². The van der Waals surface area contributed by atoms with Crippen LogP contribution in [-0.4, -0.2) is 10.7 Å². The second kappa shape index (κ2) is 2.61. The lowest BCUT2D eigenvalue weighted by atomic mass is 9.66. The largest absolute Gasteiger partial charge is 0.390 e. The zero-order chi connectivity index (χ0) is 10.9. The van der Waals surface area contributed by atoms with Crippen molar-refractivity contribution >= 4 is 0 Å². The van der Waals surface area contributed by atoms with Gasteiger partial charge in [0.2, 0.25) is 0 Å². The highest BCUT2D eigenvalue weighted by atomic mass is 16.3. The Morgan fingerprint density at radius 3 is 2.47 bits per heavy atom. The summed E-state index contributed by atoms with van der Waals surface area (Å²) in [4.78, 5) is 0. The average Bonchev–Trinajstić information content (AvgIpc) is 2.60. The predicted molar refractivity (Wildman–Crippen MR) is 61.5 cm³/mol. The van der Waals surface area contributed by atoms with Crippen molar-refractivity contribution in [1.82, 2.24) is 0 Å². The summed E-state index contributed by atoms with van der Waals surface area (Å²) in [6.07, 6.45) is 7.91. The van der Waals surface area contributed by atoms with Gasteiger partial charge in [0.05, 0.1) is 5.60 Å². The van der Waals surface area contributed by atoms with E-state index < -0.39 is 0 Å². The molecule has 1 nitrogen and oxygen atoms in total. The summed E-state index contributed by atoms with van der Waals surface area (Å²) in [5.41, 5.74) is 0.617. The third-order valence-electron chi connectivity index (χ3n) is 6.19. The first kappa shape index (κ1) is 10.1. The van der Waals surface area contributed by atoms with E-state index in [1.54, 1.807) is 0 Å². The van der Waals surface area contributed by atoms with E-state index in [2.05, 4.69) is 20.8 Å². The lowest BCUT2D eigenvalue weighted by Gasteiger charge is -2.42. The highest BCUT2D eigenvalue weighted by Crippen LogP contribution is 2.71. The van der Waals surface area contributed by atoms with Crippen LogP contribution in [0, 0.1) is 22.7 Å². The summed E-state index contributed by atoms with van der Waals surface area (Å²) in [6.45, 7) is 6.90. The van der Waals surface area contributed by atoms with Crippen molar-refractivity contribution in [2.75, 3.05) is 0 Å². The van der Waals surface area contributed by atoms with Crippen molar-refractivity contribution in [3.05, 3.63) is 0 Å². The number of fused-ring (bicyclic) bond motifs is 1. The fourth-order valence-corrected chi connectivity index (χ4v) is 5.56. The number of rotatable bonds is 0. The van der Waals surface area contributed by atoms with Crippen LogP contribution in [0.2, 0.25) is 0 Å². The number of aliphatic hydroxyl groups is 1. The topological polar surface area (TPSA) is 20.2 Å². The lowest BCUT2D eigenvalue weighted by Crippen LogP contribution is -2.43. The Hall–Kier alpha value is -0.0400. The molecule has 0 radical (unpaired) electrons. The molecule has 2 bridgehead atoms. The molecule has 3 fully saturated rings. The van der Waals surface area contributed by atoms with E-state index in [0.717, 1.165) is 12.3 Å². The molecule has 1 N–H and O–H groups in total. The highest BCUT2D eigenvalue weighted by molar-refractivity contribution is 5.15. The SMILES string of the molecule is CC1(C)C2CCC[C@@]23CC[C@@](C)(O)C1C3. The molecule has 15 heavy (non-hydrogen) atoms. The minimum absolute atomic E-state index is 0.372. The Labute approximate surface area is 93.3 Å². The van der Waals surface area contributed by atoms with Gasteiger partial charge in [0, 0.05) is 0 Å². The molecule has 3 aliphatic carbocycles. The van der Waals surface area contributed by atoms with Crippen LogP contribution < -0.4 is 0 Å². The third kappa shape index (κ3) is 1.08. The maximum atomic E-state index is 10.5. The molecule has 3 saturated carbocycles. The molecule has 0 aromatic carbocycles. The van der Waals surface area contributed by atoms with Gasteiger partial charge in [-0.25, -0.2) is 0 Å². The van der Waals surface area contributed by atoms with E-state index in [1.807, 2.05) is 0 Å². The van der Waals surface area contributed by atoms with Crippen molar-refractivity contribution in [1.29, 1.82) is 0 Å². The summed E-state index contributed by atoms with van der Waals surface area (Å²) < 4.78 is 0. The molecule has 4 atom stereocenters. The third-order valence-corrected chi connectivity index (χ3v) is 6.19. The van der Waals surface area contributed by atoms with Gasteiger partial charge in [0.15, 0.2) is 0 Å². The van der Waals surface area contributed by atoms with E-state index in [4.69, 9.17) is 0 Å². The van der Waals surface area contributed by atoms with Crippen LogP contribution in [0.1, 0.15) is 59.3 Å². The van der Waals surface area contributed by atoms with Crippen molar-refractivity contribution in [3.63, 3.8) is 0 Å².